The van der Waals surface area contributed by atoms with Crippen molar-refractivity contribution in [1.82, 2.24) is 14.9 Å². The summed E-state index contributed by atoms with van der Waals surface area (Å²) < 4.78 is 5.31. The Bertz CT molecular complexity index is 1270. The summed E-state index contributed by atoms with van der Waals surface area (Å²) in [6, 6.07) is 17.3. The summed E-state index contributed by atoms with van der Waals surface area (Å²) in [7, 11) is 5.58. The second-order valence-corrected chi connectivity index (χ2v) is 11.1. The van der Waals surface area contributed by atoms with Gasteiger partial charge in [0, 0.05) is 43.4 Å². The molecule has 0 aliphatic heterocycles. The normalized spacial score (nSPS) is 14.1. The van der Waals surface area contributed by atoms with Gasteiger partial charge in [-0.1, -0.05) is 36.7 Å². The number of carbonyl (C=O) groups excluding carboxylic acids is 2. The van der Waals surface area contributed by atoms with E-state index in [0.29, 0.717) is 30.2 Å². The fraction of sp³-hybridized carbons (Fsp3) is 0.400. The number of thioether (sulfide) groups is 1. The molecule has 4 rings (SSSR count). The van der Waals surface area contributed by atoms with Crippen LogP contribution >= 0.6 is 11.8 Å². The highest BCUT2D eigenvalue weighted by Gasteiger charge is 2.48. The van der Waals surface area contributed by atoms with Crippen LogP contribution in [0.4, 0.5) is 11.4 Å². The number of methoxy groups -OCH3 is 1. The van der Waals surface area contributed by atoms with E-state index in [9.17, 15) is 9.59 Å². The monoisotopic (exact) mass is 547 g/mol. The number of rotatable bonds is 10. The zero-order chi connectivity index (χ0) is 28.0. The Morgan fingerprint density at radius 1 is 0.974 bits per heavy atom. The molecular formula is C30H37N5O3S. The number of hydrogen-bond acceptors (Lipinski definition) is 7. The first-order valence-electron chi connectivity index (χ1n) is 13.2. The second kappa shape index (κ2) is 12.5. The maximum Gasteiger partial charge on any atom is 0.250 e. The molecule has 39 heavy (non-hydrogen) atoms. The predicted molar refractivity (Wildman–Crippen MR) is 156 cm³/mol. The van der Waals surface area contributed by atoms with Gasteiger partial charge in [-0.25, -0.2) is 9.97 Å². The van der Waals surface area contributed by atoms with Crippen LogP contribution in [0.3, 0.4) is 0 Å². The number of ether oxygens (including phenoxy) is 1. The molecule has 8 nitrogen and oxygen atoms in total. The van der Waals surface area contributed by atoms with Gasteiger partial charge >= 0.3 is 0 Å². The summed E-state index contributed by atoms with van der Waals surface area (Å²) in [5, 5.41) is 3.68. The molecule has 1 fully saturated rings. The van der Waals surface area contributed by atoms with Crippen molar-refractivity contribution in [2.24, 2.45) is 0 Å². The van der Waals surface area contributed by atoms with E-state index >= 15 is 0 Å². The zero-order valence-electron chi connectivity index (χ0n) is 23.4. The molecular weight excluding hydrogens is 510 g/mol. The average molecular weight is 548 g/mol. The molecule has 0 unspecified atom stereocenters. The number of benzene rings is 2. The number of amides is 2. The lowest BCUT2D eigenvalue weighted by molar-refractivity contribution is -0.144. The summed E-state index contributed by atoms with van der Waals surface area (Å²) in [5.74, 6) is 0.630. The summed E-state index contributed by atoms with van der Waals surface area (Å²) >= 11 is 1.31. The molecule has 9 heteroatoms. The second-order valence-electron chi connectivity index (χ2n) is 10.2. The van der Waals surface area contributed by atoms with Crippen LogP contribution in [-0.2, 0) is 16.1 Å². The van der Waals surface area contributed by atoms with Crippen molar-refractivity contribution >= 4 is 35.0 Å². The van der Waals surface area contributed by atoms with Gasteiger partial charge in [0.25, 0.3) is 0 Å². The summed E-state index contributed by atoms with van der Waals surface area (Å²) in [5.41, 5.74) is 3.48. The van der Waals surface area contributed by atoms with Crippen molar-refractivity contribution < 1.29 is 14.3 Å². The molecule has 1 heterocycles. The molecule has 1 aliphatic carbocycles. The van der Waals surface area contributed by atoms with Gasteiger partial charge in [-0.15, -0.1) is 0 Å². The van der Waals surface area contributed by atoms with Crippen LogP contribution in [0.2, 0.25) is 0 Å². The van der Waals surface area contributed by atoms with Gasteiger partial charge in [0.15, 0.2) is 5.16 Å². The number of nitrogens with one attached hydrogen (secondary N) is 1. The molecule has 1 N–H and O–H groups in total. The number of aryl methyl sites for hydroxylation is 2. The van der Waals surface area contributed by atoms with Gasteiger partial charge in [0.1, 0.15) is 11.3 Å². The van der Waals surface area contributed by atoms with Crippen LogP contribution in [0, 0.1) is 13.8 Å². The number of aromatic nitrogens is 2. The highest BCUT2D eigenvalue weighted by atomic mass is 32.2. The zero-order valence-corrected chi connectivity index (χ0v) is 24.2. The topological polar surface area (TPSA) is 87.7 Å². The number of anilines is 2. The van der Waals surface area contributed by atoms with Crippen LogP contribution in [0.5, 0.6) is 5.75 Å². The van der Waals surface area contributed by atoms with Gasteiger partial charge in [0.2, 0.25) is 11.8 Å². The molecule has 0 bridgehead atoms. The quantitative estimate of drug-likeness (QED) is 0.274. The maximum atomic E-state index is 14.0. The summed E-state index contributed by atoms with van der Waals surface area (Å²) in [6.45, 7) is 4.16. The van der Waals surface area contributed by atoms with Gasteiger partial charge in [-0.3, -0.25) is 9.59 Å². The summed E-state index contributed by atoms with van der Waals surface area (Å²) in [4.78, 5) is 40.7. The van der Waals surface area contributed by atoms with E-state index < -0.39 is 5.54 Å². The Morgan fingerprint density at radius 3 is 2.15 bits per heavy atom. The Morgan fingerprint density at radius 2 is 1.59 bits per heavy atom. The first kappa shape index (κ1) is 28.4. The van der Waals surface area contributed by atoms with Gasteiger partial charge < -0.3 is 19.9 Å². The third-order valence-corrected chi connectivity index (χ3v) is 7.93. The Kier molecular flexibility index (Phi) is 9.12. The Balaban J connectivity index is 1.62. The van der Waals surface area contributed by atoms with Gasteiger partial charge in [0.05, 0.1) is 12.9 Å². The van der Waals surface area contributed by atoms with Gasteiger partial charge in [-0.2, -0.15) is 0 Å². The minimum atomic E-state index is -0.943. The predicted octanol–water partition coefficient (Wildman–Crippen LogP) is 5.24. The van der Waals surface area contributed by atoms with E-state index in [1.165, 1.54) is 11.8 Å². The van der Waals surface area contributed by atoms with Crippen molar-refractivity contribution in [3.8, 4) is 5.75 Å². The van der Waals surface area contributed by atoms with Crippen LogP contribution < -0.4 is 15.0 Å². The molecule has 2 amide bonds. The molecule has 3 aromatic rings. The van der Waals surface area contributed by atoms with Crippen LogP contribution in [0.15, 0.2) is 59.8 Å². The van der Waals surface area contributed by atoms with E-state index in [1.54, 1.807) is 12.0 Å². The highest BCUT2D eigenvalue weighted by molar-refractivity contribution is 7.99. The fourth-order valence-electron chi connectivity index (χ4n) is 5.02. The molecule has 0 saturated heterocycles. The fourth-order valence-corrected chi connectivity index (χ4v) is 5.85. The largest absolute Gasteiger partial charge is 0.497 e. The smallest absolute Gasteiger partial charge is 0.250 e. The van der Waals surface area contributed by atoms with E-state index in [4.69, 9.17) is 4.74 Å². The highest BCUT2D eigenvalue weighted by Crippen LogP contribution is 2.38. The van der Waals surface area contributed by atoms with Crippen LogP contribution in [0.25, 0.3) is 0 Å². The first-order valence-corrected chi connectivity index (χ1v) is 14.2. The molecule has 1 aromatic heterocycles. The number of hydrogen-bond donors (Lipinski definition) is 1. The third-order valence-electron chi connectivity index (χ3n) is 7.10. The van der Waals surface area contributed by atoms with Crippen molar-refractivity contribution in [1.29, 1.82) is 0 Å². The molecule has 0 atom stereocenters. The first-order chi connectivity index (χ1) is 18.7. The molecule has 1 aliphatic rings. The lowest BCUT2D eigenvalue weighted by atomic mass is 9.92. The average Bonchev–Trinajstić information content (AvgIpc) is 3.41. The molecule has 206 valence electrons. The van der Waals surface area contributed by atoms with Crippen LogP contribution in [-0.4, -0.2) is 59.2 Å². The molecule has 0 radical (unpaired) electrons. The minimum Gasteiger partial charge on any atom is -0.497 e. The van der Waals surface area contributed by atoms with Gasteiger partial charge in [-0.05, 0) is 74.7 Å². The molecule has 1 saturated carbocycles. The minimum absolute atomic E-state index is 0.112. The molecule has 0 spiro atoms. The van der Waals surface area contributed by atoms with E-state index in [0.717, 1.165) is 41.2 Å². The van der Waals surface area contributed by atoms with Crippen molar-refractivity contribution in [2.45, 2.75) is 56.8 Å². The summed E-state index contributed by atoms with van der Waals surface area (Å²) in [6.07, 6.45) is 2.99. The van der Waals surface area contributed by atoms with Crippen molar-refractivity contribution in [3.05, 3.63) is 71.5 Å². The Labute approximate surface area is 235 Å². The SMILES string of the molecule is COc1ccc(CN(C(=O)CSc2nc(C)cc(C)n2)C2(C(=O)Nc3ccc(N(C)C)cc3)CCCC2)cc1. The maximum absolute atomic E-state index is 14.0. The van der Waals surface area contributed by atoms with Crippen molar-refractivity contribution in [2.75, 3.05) is 37.2 Å². The van der Waals surface area contributed by atoms with Crippen LogP contribution in [0.1, 0.15) is 42.6 Å². The van der Waals surface area contributed by atoms with Crippen molar-refractivity contribution in [3.63, 3.8) is 0 Å². The number of nitrogens with zero attached hydrogens (tertiary/aromatic N) is 4. The third kappa shape index (κ3) is 6.89. The standard InChI is InChI=1S/C30H37N5O3S/c1-21-18-22(2)32-29(31-21)39-20-27(36)35(19-23-8-14-26(38-5)15-9-23)30(16-6-7-17-30)28(37)33-24-10-12-25(13-11-24)34(3)4/h8-15,18H,6-7,16-17,19-20H2,1-5H3,(H,33,37). The van der Waals surface area contributed by atoms with E-state index in [2.05, 4.69) is 15.3 Å². The van der Waals surface area contributed by atoms with E-state index in [1.807, 2.05) is 87.4 Å². The molecule has 2 aromatic carbocycles. The lowest BCUT2D eigenvalue weighted by Crippen LogP contribution is -2.57. The Hall–Kier alpha value is -3.59. The van der Waals surface area contributed by atoms with E-state index in [-0.39, 0.29) is 17.6 Å². The number of carbonyl (C=O) groups is 2. The lowest BCUT2D eigenvalue weighted by Gasteiger charge is -2.40.